The molecule has 12 heavy (non-hydrogen) atoms. The van der Waals surface area contributed by atoms with Crippen LogP contribution in [0, 0.1) is 5.92 Å². The third kappa shape index (κ3) is 1.97. The molecular formula is C9H18N2O. The first-order valence-corrected chi connectivity index (χ1v) is 4.64. The smallest absolute Gasteiger partial charge is 0.236 e. The van der Waals surface area contributed by atoms with Crippen LogP contribution in [-0.2, 0) is 4.79 Å². The van der Waals surface area contributed by atoms with Gasteiger partial charge in [0.1, 0.15) is 0 Å². The predicted molar refractivity (Wildman–Crippen MR) is 48.6 cm³/mol. The van der Waals surface area contributed by atoms with Crippen molar-refractivity contribution in [3.8, 4) is 0 Å². The van der Waals surface area contributed by atoms with E-state index in [0.717, 1.165) is 25.3 Å². The van der Waals surface area contributed by atoms with Crippen LogP contribution in [0.25, 0.3) is 0 Å². The summed E-state index contributed by atoms with van der Waals surface area (Å²) in [6, 6.07) is 0.379. The van der Waals surface area contributed by atoms with Crippen LogP contribution >= 0.6 is 0 Å². The van der Waals surface area contributed by atoms with E-state index in [0.29, 0.717) is 6.04 Å². The number of rotatable bonds is 1. The van der Waals surface area contributed by atoms with Gasteiger partial charge in [0, 0.05) is 12.6 Å². The lowest BCUT2D eigenvalue weighted by Crippen LogP contribution is -2.46. The zero-order valence-corrected chi connectivity index (χ0v) is 7.92. The highest BCUT2D eigenvalue weighted by Crippen LogP contribution is 2.21. The molecule has 1 rings (SSSR count). The van der Waals surface area contributed by atoms with Gasteiger partial charge in [0.05, 0.1) is 6.54 Å². The highest BCUT2D eigenvalue weighted by atomic mass is 16.2. The number of amides is 1. The largest absolute Gasteiger partial charge is 0.339 e. The number of carbonyl (C=O) groups excluding carboxylic acids is 1. The van der Waals surface area contributed by atoms with E-state index in [9.17, 15) is 4.79 Å². The summed E-state index contributed by atoms with van der Waals surface area (Å²) in [4.78, 5) is 13.2. The van der Waals surface area contributed by atoms with Gasteiger partial charge in [0.15, 0.2) is 0 Å². The number of nitrogens with two attached hydrogens (primary N) is 1. The van der Waals surface area contributed by atoms with Crippen LogP contribution in [0.5, 0.6) is 0 Å². The Morgan fingerprint density at radius 2 is 2.25 bits per heavy atom. The van der Waals surface area contributed by atoms with E-state index in [1.165, 1.54) is 0 Å². The van der Waals surface area contributed by atoms with Crippen LogP contribution in [0.1, 0.15) is 26.7 Å². The van der Waals surface area contributed by atoms with Crippen molar-refractivity contribution in [2.75, 3.05) is 13.1 Å². The van der Waals surface area contributed by atoms with Crippen LogP contribution in [0.4, 0.5) is 0 Å². The lowest BCUT2D eigenvalue weighted by atomic mass is 9.93. The molecule has 1 amide bonds. The molecule has 0 spiro atoms. The van der Waals surface area contributed by atoms with Crippen LogP contribution in [0.3, 0.4) is 0 Å². The Kier molecular flexibility index (Phi) is 3.09. The summed E-state index contributed by atoms with van der Waals surface area (Å²) in [7, 11) is 0. The Balaban J connectivity index is 2.50. The van der Waals surface area contributed by atoms with E-state index >= 15 is 0 Å². The lowest BCUT2D eigenvalue weighted by molar-refractivity contribution is -0.133. The Morgan fingerprint density at radius 3 is 2.75 bits per heavy atom. The third-order valence-corrected chi connectivity index (χ3v) is 2.63. The highest BCUT2D eigenvalue weighted by Gasteiger charge is 2.25. The van der Waals surface area contributed by atoms with Gasteiger partial charge in [-0.3, -0.25) is 4.79 Å². The SMILES string of the molecule is CC1CCN(C(=O)CN)C(C)C1. The molecule has 0 radical (unpaired) electrons. The van der Waals surface area contributed by atoms with Gasteiger partial charge in [-0.1, -0.05) is 6.92 Å². The van der Waals surface area contributed by atoms with Crippen molar-refractivity contribution < 1.29 is 4.79 Å². The Bertz CT molecular complexity index is 170. The zero-order chi connectivity index (χ0) is 9.14. The summed E-state index contributed by atoms with van der Waals surface area (Å²) < 4.78 is 0. The van der Waals surface area contributed by atoms with Crippen molar-refractivity contribution in [1.82, 2.24) is 4.90 Å². The molecule has 1 aliphatic rings. The quantitative estimate of drug-likeness (QED) is 0.626. The minimum absolute atomic E-state index is 0.0920. The fourth-order valence-corrected chi connectivity index (χ4v) is 1.90. The fourth-order valence-electron chi connectivity index (χ4n) is 1.90. The molecule has 0 aromatic carbocycles. The van der Waals surface area contributed by atoms with E-state index in [2.05, 4.69) is 13.8 Å². The molecule has 1 aliphatic heterocycles. The number of nitrogens with zero attached hydrogens (tertiary/aromatic N) is 1. The summed E-state index contributed by atoms with van der Waals surface area (Å²) >= 11 is 0. The molecule has 0 aliphatic carbocycles. The van der Waals surface area contributed by atoms with E-state index in [1.54, 1.807) is 0 Å². The molecule has 3 heteroatoms. The Morgan fingerprint density at radius 1 is 1.58 bits per heavy atom. The van der Waals surface area contributed by atoms with E-state index in [1.807, 2.05) is 4.90 Å². The average molecular weight is 170 g/mol. The molecule has 0 aromatic heterocycles. The van der Waals surface area contributed by atoms with Gasteiger partial charge < -0.3 is 10.6 Å². The molecule has 1 saturated heterocycles. The molecule has 70 valence electrons. The topological polar surface area (TPSA) is 46.3 Å². The number of carbonyl (C=O) groups is 1. The Hall–Kier alpha value is -0.570. The first kappa shape index (κ1) is 9.52. The minimum Gasteiger partial charge on any atom is -0.339 e. The van der Waals surface area contributed by atoms with Gasteiger partial charge in [-0.05, 0) is 25.7 Å². The maximum Gasteiger partial charge on any atom is 0.236 e. The average Bonchev–Trinajstić information content (AvgIpc) is 2.03. The molecule has 0 aromatic rings. The normalized spacial score (nSPS) is 30.4. The maximum atomic E-state index is 11.3. The van der Waals surface area contributed by atoms with Crippen LogP contribution in [-0.4, -0.2) is 29.9 Å². The predicted octanol–water partition coefficient (Wildman–Crippen LogP) is 0.592. The van der Waals surface area contributed by atoms with Crippen LogP contribution in [0.15, 0.2) is 0 Å². The monoisotopic (exact) mass is 170 g/mol. The molecular weight excluding hydrogens is 152 g/mol. The van der Waals surface area contributed by atoms with Crippen molar-refractivity contribution in [3.63, 3.8) is 0 Å². The first-order chi connectivity index (χ1) is 5.65. The molecule has 0 bridgehead atoms. The summed E-state index contributed by atoms with van der Waals surface area (Å²) in [6.45, 7) is 5.38. The van der Waals surface area contributed by atoms with E-state index in [4.69, 9.17) is 5.73 Å². The summed E-state index contributed by atoms with van der Waals surface area (Å²) in [5, 5.41) is 0. The second-order valence-corrected chi connectivity index (χ2v) is 3.77. The molecule has 2 atom stereocenters. The zero-order valence-electron chi connectivity index (χ0n) is 7.92. The van der Waals surface area contributed by atoms with E-state index in [-0.39, 0.29) is 12.5 Å². The molecule has 1 fully saturated rings. The van der Waals surface area contributed by atoms with Crippen LogP contribution in [0.2, 0.25) is 0 Å². The van der Waals surface area contributed by atoms with Gasteiger partial charge in [0.25, 0.3) is 0 Å². The number of hydrogen-bond donors (Lipinski definition) is 1. The van der Waals surface area contributed by atoms with Crippen molar-refractivity contribution in [1.29, 1.82) is 0 Å². The third-order valence-electron chi connectivity index (χ3n) is 2.63. The standard InChI is InChI=1S/C9H18N2O/c1-7-3-4-11(8(2)5-7)9(12)6-10/h7-8H,3-6,10H2,1-2H3. The van der Waals surface area contributed by atoms with Crippen molar-refractivity contribution >= 4 is 5.91 Å². The summed E-state index contributed by atoms with van der Waals surface area (Å²) in [5.74, 6) is 0.844. The molecule has 2 unspecified atom stereocenters. The summed E-state index contributed by atoms with van der Waals surface area (Å²) in [6.07, 6.45) is 2.24. The second-order valence-electron chi connectivity index (χ2n) is 3.77. The van der Waals surface area contributed by atoms with Crippen LogP contribution < -0.4 is 5.73 Å². The Labute approximate surface area is 73.9 Å². The van der Waals surface area contributed by atoms with Gasteiger partial charge in [0.2, 0.25) is 5.91 Å². The highest BCUT2D eigenvalue weighted by molar-refractivity contribution is 5.78. The fraction of sp³-hybridized carbons (Fsp3) is 0.889. The van der Waals surface area contributed by atoms with Gasteiger partial charge in [-0.2, -0.15) is 0 Å². The minimum atomic E-state index is 0.0920. The van der Waals surface area contributed by atoms with Gasteiger partial charge in [-0.15, -0.1) is 0 Å². The number of hydrogen-bond acceptors (Lipinski definition) is 2. The number of likely N-dealkylation sites (tertiary alicyclic amines) is 1. The van der Waals surface area contributed by atoms with E-state index < -0.39 is 0 Å². The molecule has 3 nitrogen and oxygen atoms in total. The molecule has 0 saturated carbocycles. The summed E-state index contributed by atoms with van der Waals surface area (Å²) in [5.41, 5.74) is 5.31. The molecule has 1 heterocycles. The molecule has 2 N–H and O–H groups in total. The van der Waals surface area contributed by atoms with Crippen molar-refractivity contribution in [3.05, 3.63) is 0 Å². The van der Waals surface area contributed by atoms with Crippen molar-refractivity contribution in [2.45, 2.75) is 32.7 Å². The lowest BCUT2D eigenvalue weighted by Gasteiger charge is -2.36. The maximum absolute atomic E-state index is 11.3. The first-order valence-electron chi connectivity index (χ1n) is 4.64. The van der Waals surface area contributed by atoms with Gasteiger partial charge >= 0.3 is 0 Å². The van der Waals surface area contributed by atoms with Crippen molar-refractivity contribution in [2.24, 2.45) is 11.7 Å². The second kappa shape index (κ2) is 3.90. The van der Waals surface area contributed by atoms with Gasteiger partial charge in [-0.25, -0.2) is 0 Å². The number of piperidine rings is 1.